The van der Waals surface area contributed by atoms with Gasteiger partial charge >= 0.3 is 10.2 Å². The first kappa shape index (κ1) is 17.0. The van der Waals surface area contributed by atoms with Crippen molar-refractivity contribution in [3.05, 3.63) is 41.2 Å². The van der Waals surface area contributed by atoms with E-state index in [0.29, 0.717) is 5.01 Å². The lowest BCUT2D eigenvalue weighted by atomic mass is 10.2. The first-order valence-electron chi connectivity index (χ1n) is 7.08. The van der Waals surface area contributed by atoms with Crippen molar-refractivity contribution in [1.82, 2.24) is 14.0 Å². The third-order valence-electron chi connectivity index (χ3n) is 3.37. The first-order valence-corrected chi connectivity index (χ1v) is 9.40. The zero-order chi connectivity index (χ0) is 17.2. The number of carbonyl (C=O) groups is 1. The number of amides is 1. The molecular weight excluding hydrogens is 357 g/mol. The van der Waals surface area contributed by atoms with Crippen LogP contribution in [0, 0.1) is 5.82 Å². The lowest BCUT2D eigenvalue weighted by Gasteiger charge is -2.25. The monoisotopic (exact) mass is 371 g/mol. The van der Waals surface area contributed by atoms with Crippen LogP contribution in [0.3, 0.4) is 0 Å². The molecule has 0 radical (unpaired) electrons. The second-order valence-electron chi connectivity index (χ2n) is 4.97. The molecule has 0 saturated carbocycles. The number of thiazole rings is 1. The molecule has 2 aromatic rings. The van der Waals surface area contributed by atoms with E-state index < -0.39 is 21.9 Å². The lowest BCUT2D eigenvalue weighted by Crippen LogP contribution is -2.48. The fourth-order valence-corrected chi connectivity index (χ4v) is 4.08. The van der Waals surface area contributed by atoms with Gasteiger partial charge in [0.2, 0.25) is 0 Å². The Kier molecular flexibility index (Phi) is 4.90. The number of carbonyl (C=O) groups excluding carboxylic acids is 1. The second kappa shape index (κ2) is 6.93. The highest BCUT2D eigenvalue weighted by atomic mass is 32.2. The Hall–Kier alpha value is -1.88. The van der Waals surface area contributed by atoms with Crippen molar-refractivity contribution in [2.45, 2.75) is 0 Å². The van der Waals surface area contributed by atoms with Gasteiger partial charge in [0.15, 0.2) is 0 Å². The van der Waals surface area contributed by atoms with E-state index in [9.17, 15) is 17.6 Å². The normalized spacial score (nSPS) is 16.0. The van der Waals surface area contributed by atoms with Gasteiger partial charge < -0.3 is 4.74 Å². The first-order chi connectivity index (χ1) is 11.5. The fourth-order valence-electron chi connectivity index (χ4n) is 2.16. The van der Waals surface area contributed by atoms with Crippen LogP contribution in [0.4, 0.5) is 4.39 Å². The van der Waals surface area contributed by atoms with Crippen molar-refractivity contribution in [3.63, 3.8) is 0 Å². The minimum absolute atomic E-state index is 0.0740. The Bertz CT molecular complexity index is 847. The molecule has 1 aliphatic heterocycles. The zero-order valence-corrected chi connectivity index (χ0v) is 14.1. The average Bonchev–Trinajstić information content (AvgIpc) is 3.06. The molecule has 0 atom stereocenters. The summed E-state index contributed by atoms with van der Waals surface area (Å²) in [6.07, 6.45) is 0. The van der Waals surface area contributed by atoms with Gasteiger partial charge in [0, 0.05) is 24.0 Å². The summed E-state index contributed by atoms with van der Waals surface area (Å²) in [4.78, 5) is 16.2. The maximum absolute atomic E-state index is 13.8. The third-order valence-corrected chi connectivity index (χ3v) is 5.74. The molecule has 2 heterocycles. The molecule has 0 unspecified atom stereocenters. The molecule has 7 nitrogen and oxygen atoms in total. The number of benzene rings is 1. The van der Waals surface area contributed by atoms with Crippen LogP contribution in [0.2, 0.25) is 0 Å². The topological polar surface area (TPSA) is 88.6 Å². The molecule has 24 heavy (non-hydrogen) atoms. The van der Waals surface area contributed by atoms with Crippen molar-refractivity contribution in [1.29, 1.82) is 0 Å². The molecule has 1 aliphatic rings. The van der Waals surface area contributed by atoms with Crippen LogP contribution in [-0.4, -0.2) is 49.9 Å². The van der Waals surface area contributed by atoms with Crippen LogP contribution < -0.4 is 4.72 Å². The van der Waals surface area contributed by atoms with E-state index in [2.05, 4.69) is 4.98 Å². The van der Waals surface area contributed by atoms with E-state index >= 15 is 0 Å². The largest absolute Gasteiger partial charge is 0.379 e. The molecule has 1 amide bonds. The average molecular weight is 371 g/mol. The Morgan fingerprint density at radius 3 is 2.71 bits per heavy atom. The molecule has 1 fully saturated rings. The highest BCUT2D eigenvalue weighted by molar-refractivity contribution is 7.87. The zero-order valence-electron chi connectivity index (χ0n) is 12.4. The number of halogens is 1. The van der Waals surface area contributed by atoms with Crippen molar-refractivity contribution in [2.24, 2.45) is 0 Å². The molecule has 128 valence electrons. The minimum Gasteiger partial charge on any atom is -0.379 e. The minimum atomic E-state index is -3.95. The van der Waals surface area contributed by atoms with Crippen molar-refractivity contribution >= 4 is 27.5 Å². The quantitative estimate of drug-likeness (QED) is 0.874. The predicted molar refractivity (Wildman–Crippen MR) is 86.3 cm³/mol. The molecule has 1 N–H and O–H groups in total. The van der Waals surface area contributed by atoms with Gasteiger partial charge in [-0.1, -0.05) is 12.1 Å². The van der Waals surface area contributed by atoms with Crippen LogP contribution in [-0.2, 0) is 14.9 Å². The van der Waals surface area contributed by atoms with E-state index in [-0.39, 0.29) is 37.6 Å². The SMILES string of the molecule is O=C(NS(=O)(=O)N1CCOCC1)c1csc(-c2ccccc2F)n1. The van der Waals surface area contributed by atoms with Gasteiger partial charge in [-0.2, -0.15) is 12.7 Å². The number of rotatable bonds is 4. The number of aromatic nitrogens is 1. The number of morpholine rings is 1. The van der Waals surface area contributed by atoms with Crippen LogP contribution in [0.15, 0.2) is 29.6 Å². The van der Waals surface area contributed by atoms with E-state index in [0.717, 1.165) is 15.6 Å². The number of ether oxygens (including phenoxy) is 1. The fraction of sp³-hybridized carbons (Fsp3) is 0.286. The van der Waals surface area contributed by atoms with Gasteiger partial charge in [0.1, 0.15) is 16.5 Å². The summed E-state index contributed by atoms with van der Waals surface area (Å²) in [5.74, 6) is -1.31. The maximum Gasteiger partial charge on any atom is 0.304 e. The molecule has 0 aliphatic carbocycles. The lowest BCUT2D eigenvalue weighted by molar-refractivity contribution is 0.0718. The summed E-state index contributed by atoms with van der Waals surface area (Å²) in [6.45, 7) is 0.923. The Morgan fingerprint density at radius 1 is 1.29 bits per heavy atom. The Labute approximate surface area is 142 Å². The highest BCUT2D eigenvalue weighted by Crippen LogP contribution is 2.26. The van der Waals surface area contributed by atoms with Crippen molar-refractivity contribution < 1.29 is 22.3 Å². The predicted octanol–water partition coefficient (Wildman–Crippen LogP) is 1.26. The van der Waals surface area contributed by atoms with Gasteiger partial charge in [0.05, 0.1) is 13.2 Å². The summed E-state index contributed by atoms with van der Waals surface area (Å²) in [7, 11) is -3.95. The summed E-state index contributed by atoms with van der Waals surface area (Å²) in [6, 6.07) is 6.04. The van der Waals surface area contributed by atoms with Gasteiger partial charge in [-0.25, -0.2) is 14.1 Å². The second-order valence-corrected chi connectivity index (χ2v) is 7.49. The molecule has 10 heteroatoms. The molecule has 3 rings (SSSR count). The third kappa shape index (κ3) is 3.61. The summed E-state index contributed by atoms with van der Waals surface area (Å²) in [5, 5.41) is 1.70. The van der Waals surface area contributed by atoms with Gasteiger partial charge in [0.25, 0.3) is 5.91 Å². The molecule has 1 aromatic heterocycles. The molecule has 0 spiro atoms. The molecule has 1 saturated heterocycles. The van der Waals surface area contributed by atoms with Crippen LogP contribution in [0.1, 0.15) is 10.5 Å². The number of nitrogens with zero attached hydrogens (tertiary/aromatic N) is 2. The molecule has 0 bridgehead atoms. The maximum atomic E-state index is 13.8. The van der Waals surface area contributed by atoms with E-state index in [1.165, 1.54) is 11.4 Å². The van der Waals surface area contributed by atoms with E-state index in [4.69, 9.17) is 4.74 Å². The van der Waals surface area contributed by atoms with Gasteiger partial charge in [-0.05, 0) is 12.1 Å². The van der Waals surface area contributed by atoms with E-state index in [1.807, 2.05) is 4.72 Å². The Morgan fingerprint density at radius 2 is 2.00 bits per heavy atom. The van der Waals surface area contributed by atoms with Crippen LogP contribution in [0.5, 0.6) is 0 Å². The summed E-state index contributed by atoms with van der Waals surface area (Å²) in [5.41, 5.74) is 0.188. The highest BCUT2D eigenvalue weighted by Gasteiger charge is 2.27. The van der Waals surface area contributed by atoms with Crippen LogP contribution >= 0.6 is 11.3 Å². The number of hydrogen-bond acceptors (Lipinski definition) is 6. The van der Waals surface area contributed by atoms with Crippen molar-refractivity contribution in [3.8, 4) is 10.6 Å². The number of hydrogen-bond donors (Lipinski definition) is 1. The summed E-state index contributed by atoms with van der Waals surface area (Å²) < 4.78 is 46.3. The Balaban J connectivity index is 1.75. The van der Waals surface area contributed by atoms with Gasteiger partial charge in [-0.3, -0.25) is 4.79 Å². The molecule has 1 aromatic carbocycles. The van der Waals surface area contributed by atoms with Gasteiger partial charge in [-0.15, -0.1) is 11.3 Å². The number of nitrogens with one attached hydrogen (secondary N) is 1. The standard InChI is InChI=1S/C14H14FN3O4S2/c15-11-4-2-1-3-10(11)14-16-12(9-23-14)13(19)17-24(20,21)18-5-7-22-8-6-18/h1-4,9H,5-8H2,(H,17,19). The summed E-state index contributed by atoms with van der Waals surface area (Å²) >= 11 is 1.07. The van der Waals surface area contributed by atoms with Crippen molar-refractivity contribution in [2.75, 3.05) is 26.3 Å². The van der Waals surface area contributed by atoms with Crippen LogP contribution in [0.25, 0.3) is 10.6 Å². The van der Waals surface area contributed by atoms with E-state index in [1.54, 1.807) is 18.2 Å². The molecular formula is C14H14FN3O4S2. The smallest absolute Gasteiger partial charge is 0.304 e.